The molecular weight excluding hydrogens is 308 g/mol. The normalized spacial score (nSPS) is 22.7. The minimum Gasteiger partial charge on any atom is -0.456 e. The first-order valence-corrected chi connectivity index (χ1v) is 9.17. The summed E-state index contributed by atoms with van der Waals surface area (Å²) in [6, 6.07) is 12.9. The number of rotatable bonds is 2. The van der Waals surface area contributed by atoms with Gasteiger partial charge in [-0.15, -0.1) is 0 Å². The minimum absolute atomic E-state index is 0.146. The summed E-state index contributed by atoms with van der Waals surface area (Å²) in [6.07, 6.45) is 5.62. The summed E-state index contributed by atoms with van der Waals surface area (Å²) in [6.45, 7) is 9.94. The van der Waals surface area contributed by atoms with Gasteiger partial charge in [0.2, 0.25) is 11.4 Å². The largest absolute Gasteiger partial charge is 0.456 e. The number of nitrogens with zero attached hydrogens (tertiary/aromatic N) is 2. The smallest absolute Gasteiger partial charge is 0.247 e. The number of aryl methyl sites for hydroxylation is 1. The van der Waals surface area contributed by atoms with Crippen molar-refractivity contribution in [3.8, 4) is 5.75 Å². The van der Waals surface area contributed by atoms with Crippen molar-refractivity contribution >= 4 is 11.8 Å². The number of ether oxygens (including phenoxy) is 1. The number of para-hydroxylation sites is 1. The molecule has 0 fully saturated rings. The Balaban J connectivity index is 1.86. The van der Waals surface area contributed by atoms with Crippen molar-refractivity contribution in [2.45, 2.75) is 51.8 Å². The summed E-state index contributed by atoms with van der Waals surface area (Å²) < 4.78 is 9.11. The van der Waals surface area contributed by atoms with Crippen molar-refractivity contribution in [3.05, 3.63) is 59.4 Å². The van der Waals surface area contributed by atoms with Gasteiger partial charge in [0, 0.05) is 38.2 Å². The van der Waals surface area contributed by atoms with Crippen LogP contribution in [0.3, 0.4) is 0 Å². The van der Waals surface area contributed by atoms with Crippen LogP contribution in [0.2, 0.25) is 0 Å². The van der Waals surface area contributed by atoms with Gasteiger partial charge in [-0.25, -0.2) is 0 Å². The lowest BCUT2D eigenvalue weighted by Gasteiger charge is -2.45. The Labute approximate surface area is 150 Å². The molecule has 0 saturated carbocycles. The van der Waals surface area contributed by atoms with E-state index < -0.39 is 5.72 Å². The van der Waals surface area contributed by atoms with E-state index in [1.165, 1.54) is 22.6 Å². The first kappa shape index (κ1) is 16.2. The summed E-state index contributed by atoms with van der Waals surface area (Å²) in [5.41, 5.74) is 4.38. The van der Waals surface area contributed by atoms with Gasteiger partial charge < -0.3 is 9.64 Å². The quantitative estimate of drug-likeness (QED) is 0.764. The number of fused-ring (bicyclic) bond motifs is 2. The van der Waals surface area contributed by atoms with Crippen LogP contribution in [0, 0.1) is 6.92 Å². The Morgan fingerprint density at radius 1 is 1.12 bits per heavy atom. The second-order valence-electron chi connectivity index (χ2n) is 7.71. The molecule has 1 aromatic heterocycles. The molecule has 3 heterocycles. The Morgan fingerprint density at radius 3 is 2.60 bits per heavy atom. The van der Waals surface area contributed by atoms with E-state index in [1.54, 1.807) is 0 Å². The molecule has 1 unspecified atom stereocenters. The SMILES string of the molecule is CCC[n+]1c(C)ccc2c1C=CC1(O2)N(C)c2ccccc2C1(C)C. The van der Waals surface area contributed by atoms with Crippen molar-refractivity contribution in [3.63, 3.8) is 0 Å². The Kier molecular flexibility index (Phi) is 3.47. The van der Waals surface area contributed by atoms with Crippen LogP contribution in [0.4, 0.5) is 5.69 Å². The molecule has 0 N–H and O–H groups in total. The standard InChI is InChI=1S/C22H27N2O/c1-6-15-24-16(2)11-12-20-19(24)13-14-22(25-20)21(3,4)17-9-7-8-10-18(17)23(22)5/h7-14H,6,15H2,1-5H3/q+1. The zero-order valence-electron chi connectivity index (χ0n) is 15.8. The van der Waals surface area contributed by atoms with Crippen LogP contribution in [0.15, 0.2) is 42.5 Å². The maximum Gasteiger partial charge on any atom is 0.247 e. The van der Waals surface area contributed by atoms with E-state index in [0.717, 1.165) is 18.7 Å². The number of anilines is 1. The monoisotopic (exact) mass is 335 g/mol. The molecule has 4 rings (SSSR count). The maximum absolute atomic E-state index is 6.75. The van der Waals surface area contributed by atoms with Crippen LogP contribution in [0.1, 0.15) is 44.1 Å². The van der Waals surface area contributed by atoms with Gasteiger partial charge in [-0.2, -0.15) is 4.57 Å². The molecule has 0 radical (unpaired) electrons. The lowest BCUT2D eigenvalue weighted by Crippen LogP contribution is -2.59. The average Bonchev–Trinajstić information content (AvgIpc) is 2.77. The van der Waals surface area contributed by atoms with Crippen molar-refractivity contribution < 1.29 is 9.30 Å². The number of pyridine rings is 1. The third-order valence-electron chi connectivity index (χ3n) is 5.96. The number of likely N-dealkylation sites (N-methyl/N-ethyl adjacent to an activating group) is 1. The third-order valence-corrected chi connectivity index (χ3v) is 5.96. The zero-order chi connectivity index (χ0) is 17.8. The van der Waals surface area contributed by atoms with Gasteiger partial charge in [-0.1, -0.05) is 25.1 Å². The number of aromatic nitrogens is 1. The fourth-order valence-corrected chi connectivity index (χ4v) is 4.47. The molecule has 0 bridgehead atoms. The zero-order valence-corrected chi connectivity index (χ0v) is 15.8. The van der Waals surface area contributed by atoms with E-state index in [4.69, 9.17) is 4.74 Å². The predicted molar refractivity (Wildman–Crippen MR) is 102 cm³/mol. The van der Waals surface area contributed by atoms with Crippen LogP contribution in [0.5, 0.6) is 5.75 Å². The molecule has 0 saturated heterocycles. The minimum atomic E-state index is -0.497. The molecule has 0 amide bonds. The molecule has 1 spiro atoms. The van der Waals surface area contributed by atoms with Gasteiger partial charge >= 0.3 is 0 Å². The fraction of sp³-hybridized carbons (Fsp3) is 0.409. The molecule has 2 aromatic rings. The molecule has 3 heteroatoms. The summed E-state index contributed by atoms with van der Waals surface area (Å²) in [5, 5.41) is 0. The number of hydrogen-bond donors (Lipinski definition) is 0. The number of hydrogen-bond acceptors (Lipinski definition) is 2. The van der Waals surface area contributed by atoms with Crippen LogP contribution in [-0.4, -0.2) is 12.8 Å². The van der Waals surface area contributed by atoms with Crippen LogP contribution >= 0.6 is 0 Å². The summed E-state index contributed by atoms with van der Waals surface area (Å²) in [7, 11) is 2.14. The second kappa shape index (κ2) is 5.35. The van der Waals surface area contributed by atoms with E-state index in [2.05, 4.69) is 92.8 Å². The Morgan fingerprint density at radius 2 is 1.88 bits per heavy atom. The molecule has 0 aliphatic carbocycles. The number of benzene rings is 1. The molecule has 1 atom stereocenters. The topological polar surface area (TPSA) is 16.4 Å². The molecule has 130 valence electrons. The highest BCUT2D eigenvalue weighted by Crippen LogP contribution is 2.53. The van der Waals surface area contributed by atoms with Crippen molar-refractivity contribution in [1.82, 2.24) is 0 Å². The van der Waals surface area contributed by atoms with E-state index in [1.807, 2.05) is 0 Å². The van der Waals surface area contributed by atoms with Crippen LogP contribution < -0.4 is 14.2 Å². The van der Waals surface area contributed by atoms with Crippen molar-refractivity contribution in [2.24, 2.45) is 0 Å². The lowest BCUT2D eigenvalue weighted by molar-refractivity contribution is -0.704. The average molecular weight is 335 g/mol. The van der Waals surface area contributed by atoms with E-state index in [-0.39, 0.29) is 5.41 Å². The van der Waals surface area contributed by atoms with E-state index in [9.17, 15) is 0 Å². The van der Waals surface area contributed by atoms with Crippen LogP contribution in [-0.2, 0) is 12.0 Å². The van der Waals surface area contributed by atoms with E-state index >= 15 is 0 Å². The fourth-order valence-electron chi connectivity index (χ4n) is 4.47. The maximum atomic E-state index is 6.75. The highest BCUT2D eigenvalue weighted by molar-refractivity contribution is 5.70. The van der Waals surface area contributed by atoms with Crippen molar-refractivity contribution in [2.75, 3.05) is 11.9 Å². The van der Waals surface area contributed by atoms with Gasteiger partial charge in [-0.3, -0.25) is 0 Å². The van der Waals surface area contributed by atoms with E-state index in [0.29, 0.717) is 0 Å². The molecular formula is C22H27N2O+. The van der Waals surface area contributed by atoms with Gasteiger partial charge in [0.25, 0.3) is 0 Å². The molecule has 1 aromatic carbocycles. The van der Waals surface area contributed by atoms with Gasteiger partial charge in [-0.05, 0) is 37.6 Å². The Bertz CT molecular complexity index is 868. The lowest BCUT2D eigenvalue weighted by atomic mass is 9.76. The third kappa shape index (κ3) is 2.01. The molecule has 25 heavy (non-hydrogen) atoms. The highest BCUT2D eigenvalue weighted by atomic mass is 16.5. The molecule has 2 aliphatic heterocycles. The molecule has 2 aliphatic rings. The highest BCUT2D eigenvalue weighted by Gasteiger charge is 2.58. The van der Waals surface area contributed by atoms with Crippen LogP contribution in [0.25, 0.3) is 6.08 Å². The van der Waals surface area contributed by atoms with Crippen molar-refractivity contribution in [1.29, 1.82) is 0 Å². The van der Waals surface area contributed by atoms with Gasteiger partial charge in [0.1, 0.15) is 6.54 Å². The Hall–Kier alpha value is -2.29. The van der Waals surface area contributed by atoms with Gasteiger partial charge in [0.15, 0.2) is 11.4 Å². The summed E-state index contributed by atoms with van der Waals surface area (Å²) in [5.74, 6) is 0.967. The van der Waals surface area contributed by atoms with Gasteiger partial charge in [0.05, 0.1) is 5.41 Å². The predicted octanol–water partition coefficient (Wildman–Crippen LogP) is 4.22. The second-order valence-corrected chi connectivity index (χ2v) is 7.71. The summed E-state index contributed by atoms with van der Waals surface area (Å²) >= 11 is 0. The molecule has 3 nitrogen and oxygen atoms in total. The first-order chi connectivity index (χ1) is 11.9. The summed E-state index contributed by atoms with van der Waals surface area (Å²) in [4.78, 5) is 2.28. The first-order valence-electron chi connectivity index (χ1n) is 9.17.